The maximum Gasteiger partial charge on any atom is 0.243 e. The summed E-state index contributed by atoms with van der Waals surface area (Å²) in [7, 11) is 0. The lowest BCUT2D eigenvalue weighted by Crippen LogP contribution is -2.31. The van der Waals surface area contributed by atoms with Crippen molar-refractivity contribution in [3.63, 3.8) is 0 Å². The van der Waals surface area contributed by atoms with E-state index in [1.54, 1.807) is 0 Å². The van der Waals surface area contributed by atoms with Crippen LogP contribution in [0.1, 0.15) is 18.5 Å². The summed E-state index contributed by atoms with van der Waals surface area (Å²) in [4.78, 5) is 13.5. The van der Waals surface area contributed by atoms with Gasteiger partial charge in [0.25, 0.3) is 0 Å². The molecular weight excluding hydrogens is 252 g/mol. The fourth-order valence-electron chi connectivity index (χ4n) is 2.57. The highest BCUT2D eigenvalue weighted by Crippen LogP contribution is 2.35. The number of rotatable bonds is 4. The average molecular weight is 269 g/mol. The number of likely N-dealkylation sites (tertiary alicyclic amines) is 1. The third-order valence-electron chi connectivity index (χ3n) is 3.79. The van der Waals surface area contributed by atoms with E-state index in [1.807, 2.05) is 37.3 Å². The number of nitrogens with zero attached hydrogens (tertiary/aromatic N) is 1. The molecule has 1 N–H and O–H groups in total. The van der Waals surface area contributed by atoms with Crippen LogP contribution in [0.3, 0.4) is 0 Å². The summed E-state index contributed by atoms with van der Waals surface area (Å²) < 4.78 is 25.8. The van der Waals surface area contributed by atoms with Crippen molar-refractivity contribution in [2.45, 2.75) is 19.4 Å². The first-order valence-corrected chi connectivity index (χ1v) is 6.30. The molecule has 0 spiro atoms. The Hall–Kier alpha value is -1.49. The van der Waals surface area contributed by atoms with Crippen molar-refractivity contribution in [1.29, 1.82) is 0 Å². The molecule has 5 heteroatoms. The highest BCUT2D eigenvalue weighted by Gasteiger charge is 2.46. The number of hydrogen-bond donors (Lipinski definition) is 1. The number of amides is 1. The van der Waals surface area contributed by atoms with Gasteiger partial charge in [0.1, 0.15) is 0 Å². The highest BCUT2D eigenvalue weighted by molar-refractivity contribution is 5.82. The van der Waals surface area contributed by atoms with Gasteiger partial charge in [0, 0.05) is 6.54 Å². The van der Waals surface area contributed by atoms with Crippen LogP contribution in [0.5, 0.6) is 0 Å². The lowest BCUT2D eigenvalue weighted by Gasteiger charge is -2.25. The van der Waals surface area contributed by atoms with Crippen molar-refractivity contribution in [2.24, 2.45) is 11.8 Å². The van der Waals surface area contributed by atoms with Crippen LogP contribution in [0, 0.1) is 11.8 Å². The van der Waals surface area contributed by atoms with E-state index in [1.165, 1.54) is 4.90 Å². The van der Waals surface area contributed by atoms with E-state index >= 15 is 0 Å². The zero-order chi connectivity index (χ0) is 14.0. The largest absolute Gasteiger partial charge is 0.396 e. The van der Waals surface area contributed by atoms with Crippen LogP contribution in [0.15, 0.2) is 30.3 Å². The Morgan fingerprint density at radius 2 is 2.00 bits per heavy atom. The molecule has 0 radical (unpaired) electrons. The number of hydrogen-bond acceptors (Lipinski definition) is 2. The van der Waals surface area contributed by atoms with Gasteiger partial charge in [0.15, 0.2) is 0 Å². The molecular formula is C14H17F2NO2. The van der Waals surface area contributed by atoms with Gasteiger partial charge in [0.2, 0.25) is 12.3 Å². The van der Waals surface area contributed by atoms with Crippen molar-refractivity contribution in [3.8, 4) is 0 Å². The maximum absolute atomic E-state index is 12.9. The van der Waals surface area contributed by atoms with E-state index in [9.17, 15) is 13.6 Å². The molecule has 0 aromatic heterocycles. The van der Waals surface area contributed by atoms with Crippen molar-refractivity contribution < 1.29 is 18.7 Å². The van der Waals surface area contributed by atoms with E-state index in [4.69, 9.17) is 5.11 Å². The lowest BCUT2D eigenvalue weighted by molar-refractivity contribution is -0.134. The molecule has 19 heavy (non-hydrogen) atoms. The summed E-state index contributed by atoms with van der Waals surface area (Å²) in [6.07, 6.45) is -2.59. The SMILES string of the molecule is C[C@H](c1ccccc1)N1CC(C(F)F)C(CO)C1=O. The smallest absolute Gasteiger partial charge is 0.243 e. The van der Waals surface area contributed by atoms with Crippen molar-refractivity contribution >= 4 is 5.91 Å². The number of carbonyl (C=O) groups is 1. The fraction of sp³-hybridized carbons (Fsp3) is 0.500. The van der Waals surface area contributed by atoms with Crippen LogP contribution in [-0.4, -0.2) is 35.5 Å². The first kappa shape index (κ1) is 13.9. The third-order valence-corrected chi connectivity index (χ3v) is 3.79. The van der Waals surface area contributed by atoms with Crippen LogP contribution in [0.2, 0.25) is 0 Å². The molecule has 104 valence electrons. The lowest BCUT2D eigenvalue weighted by atomic mass is 9.97. The molecule has 2 unspecified atom stereocenters. The minimum Gasteiger partial charge on any atom is -0.396 e. The standard InChI is InChI=1S/C14H17F2NO2/c1-9(10-5-3-2-4-6-10)17-7-11(13(15)16)12(8-18)14(17)19/h2-6,9,11-13,18H,7-8H2,1H3/t9-,11?,12?/m1/s1. The van der Waals surface area contributed by atoms with Gasteiger partial charge in [-0.1, -0.05) is 30.3 Å². The first-order chi connectivity index (χ1) is 9.06. The molecule has 1 saturated heterocycles. The van der Waals surface area contributed by atoms with Crippen molar-refractivity contribution in [2.75, 3.05) is 13.2 Å². The van der Waals surface area contributed by atoms with E-state index in [0.717, 1.165) is 5.56 Å². The quantitative estimate of drug-likeness (QED) is 0.909. The molecule has 2 rings (SSSR count). The molecule has 1 heterocycles. The molecule has 1 amide bonds. The zero-order valence-electron chi connectivity index (χ0n) is 10.7. The van der Waals surface area contributed by atoms with Crippen molar-refractivity contribution in [3.05, 3.63) is 35.9 Å². The molecule has 3 nitrogen and oxygen atoms in total. The minimum atomic E-state index is -2.59. The Morgan fingerprint density at radius 3 is 2.47 bits per heavy atom. The zero-order valence-corrected chi connectivity index (χ0v) is 10.7. The van der Waals surface area contributed by atoms with Gasteiger partial charge in [-0.05, 0) is 12.5 Å². The molecule has 1 aromatic rings. The van der Waals surface area contributed by atoms with Crippen LogP contribution in [0.25, 0.3) is 0 Å². The number of halogens is 2. The Labute approximate surface area is 110 Å². The molecule has 1 fully saturated rings. The monoisotopic (exact) mass is 269 g/mol. The number of benzene rings is 1. The van der Waals surface area contributed by atoms with Gasteiger partial charge in [-0.2, -0.15) is 0 Å². The fourth-order valence-corrected chi connectivity index (χ4v) is 2.57. The van der Waals surface area contributed by atoms with Crippen LogP contribution in [-0.2, 0) is 4.79 Å². The molecule has 3 atom stereocenters. The Bertz CT molecular complexity index is 438. The predicted octanol–water partition coefficient (Wildman–Crippen LogP) is 2.08. The normalized spacial score (nSPS) is 25.1. The summed E-state index contributed by atoms with van der Waals surface area (Å²) in [5, 5.41) is 9.15. The second-order valence-electron chi connectivity index (χ2n) is 4.86. The van der Waals surface area contributed by atoms with Crippen LogP contribution < -0.4 is 0 Å². The molecule has 0 bridgehead atoms. The van der Waals surface area contributed by atoms with Crippen molar-refractivity contribution in [1.82, 2.24) is 4.90 Å². The van der Waals surface area contributed by atoms with Crippen LogP contribution >= 0.6 is 0 Å². The number of aliphatic hydroxyl groups excluding tert-OH is 1. The van der Waals surface area contributed by atoms with Gasteiger partial charge in [0.05, 0.1) is 24.5 Å². The van der Waals surface area contributed by atoms with Crippen LogP contribution in [0.4, 0.5) is 8.78 Å². The number of aliphatic hydroxyl groups is 1. The van der Waals surface area contributed by atoms with Gasteiger partial charge in [-0.15, -0.1) is 0 Å². The van der Waals surface area contributed by atoms with Gasteiger partial charge >= 0.3 is 0 Å². The highest BCUT2D eigenvalue weighted by atomic mass is 19.3. The summed E-state index contributed by atoms with van der Waals surface area (Å²) >= 11 is 0. The van der Waals surface area contributed by atoms with E-state index in [2.05, 4.69) is 0 Å². The molecule has 0 saturated carbocycles. The van der Waals surface area contributed by atoms with Gasteiger partial charge in [-0.25, -0.2) is 8.78 Å². The van der Waals surface area contributed by atoms with E-state index < -0.39 is 24.9 Å². The summed E-state index contributed by atoms with van der Waals surface area (Å²) in [6, 6.07) is 9.02. The molecule has 1 aliphatic rings. The second-order valence-corrected chi connectivity index (χ2v) is 4.86. The van der Waals surface area contributed by atoms with Gasteiger partial charge in [-0.3, -0.25) is 4.79 Å². The summed E-state index contributed by atoms with van der Waals surface area (Å²) in [6.45, 7) is 1.29. The topological polar surface area (TPSA) is 40.5 Å². The van der Waals surface area contributed by atoms with Gasteiger partial charge < -0.3 is 10.0 Å². The third kappa shape index (κ3) is 2.61. The Morgan fingerprint density at radius 1 is 1.37 bits per heavy atom. The average Bonchev–Trinajstić information content (AvgIpc) is 2.76. The van der Waals surface area contributed by atoms with E-state index in [0.29, 0.717) is 0 Å². The predicted molar refractivity (Wildman–Crippen MR) is 66.6 cm³/mol. The second kappa shape index (κ2) is 5.65. The first-order valence-electron chi connectivity index (χ1n) is 6.30. The molecule has 1 aromatic carbocycles. The Kier molecular flexibility index (Phi) is 4.14. The van der Waals surface area contributed by atoms with E-state index in [-0.39, 0.29) is 18.5 Å². The Balaban J connectivity index is 2.20. The maximum atomic E-state index is 12.9. The minimum absolute atomic E-state index is 0.00219. The number of alkyl halides is 2. The number of carbonyl (C=O) groups excluding carboxylic acids is 1. The molecule has 1 aliphatic heterocycles. The summed E-state index contributed by atoms with van der Waals surface area (Å²) in [5.74, 6) is -2.45. The summed E-state index contributed by atoms with van der Waals surface area (Å²) in [5.41, 5.74) is 0.905. The molecule has 0 aliphatic carbocycles.